The summed E-state index contributed by atoms with van der Waals surface area (Å²) in [7, 11) is 0. The van der Waals surface area contributed by atoms with Gasteiger partial charge in [0.2, 0.25) is 5.91 Å². The van der Waals surface area contributed by atoms with Crippen LogP contribution in [0.4, 0.5) is 0 Å². The lowest BCUT2D eigenvalue weighted by Crippen LogP contribution is -2.27. The number of aliphatic hydroxyl groups is 1. The average molecular weight is 259 g/mol. The highest BCUT2D eigenvalue weighted by Crippen LogP contribution is 2.17. The number of aliphatic hydroxyl groups excluding tert-OH is 1. The largest absolute Gasteiger partial charge is 0.396 e. The van der Waals surface area contributed by atoms with Gasteiger partial charge in [-0.3, -0.25) is 4.79 Å². The summed E-state index contributed by atoms with van der Waals surface area (Å²) in [5.41, 5.74) is 1.06. The fourth-order valence-electron chi connectivity index (χ4n) is 1.78. The number of amides is 1. The van der Waals surface area contributed by atoms with Crippen LogP contribution in [0, 0.1) is 0 Å². The summed E-state index contributed by atoms with van der Waals surface area (Å²) >= 11 is 0. The van der Waals surface area contributed by atoms with Crippen molar-refractivity contribution in [3.05, 3.63) is 60.2 Å². The van der Waals surface area contributed by atoms with E-state index in [0.717, 1.165) is 12.0 Å². The lowest BCUT2D eigenvalue weighted by Gasteiger charge is -2.17. The average Bonchev–Trinajstić information content (AvgIpc) is 2.44. The third kappa shape index (κ3) is 6.02. The predicted octanol–water partition coefficient (Wildman–Crippen LogP) is 2.75. The van der Waals surface area contributed by atoms with Crippen LogP contribution in [0.5, 0.6) is 0 Å². The lowest BCUT2D eigenvalue weighted by atomic mass is 10.0. The quantitative estimate of drug-likeness (QED) is 0.584. The highest BCUT2D eigenvalue weighted by atomic mass is 16.2. The van der Waals surface area contributed by atoms with E-state index in [1.807, 2.05) is 49.4 Å². The van der Waals surface area contributed by atoms with Gasteiger partial charge >= 0.3 is 0 Å². The Morgan fingerprint density at radius 2 is 2.05 bits per heavy atom. The second-order valence-electron chi connectivity index (χ2n) is 4.22. The summed E-state index contributed by atoms with van der Waals surface area (Å²) in [6, 6.07) is 9.75. The number of carbonyl (C=O) groups is 1. The first-order valence-electron chi connectivity index (χ1n) is 6.53. The molecule has 0 fully saturated rings. The van der Waals surface area contributed by atoms with Crippen LogP contribution in [-0.2, 0) is 4.79 Å². The van der Waals surface area contributed by atoms with Crippen molar-refractivity contribution in [1.29, 1.82) is 0 Å². The minimum atomic E-state index is -0.120. The summed E-state index contributed by atoms with van der Waals surface area (Å²) in [4.78, 5) is 11.8. The zero-order valence-electron chi connectivity index (χ0n) is 11.3. The minimum Gasteiger partial charge on any atom is -0.396 e. The van der Waals surface area contributed by atoms with E-state index < -0.39 is 0 Å². The van der Waals surface area contributed by atoms with Crippen LogP contribution >= 0.6 is 0 Å². The maximum Gasteiger partial charge on any atom is 0.244 e. The molecule has 0 aliphatic heterocycles. The third-order valence-electron chi connectivity index (χ3n) is 2.72. The molecule has 0 heterocycles. The Morgan fingerprint density at radius 3 is 2.68 bits per heavy atom. The van der Waals surface area contributed by atoms with E-state index >= 15 is 0 Å². The van der Waals surface area contributed by atoms with Gasteiger partial charge in [-0.1, -0.05) is 48.6 Å². The second kappa shape index (κ2) is 9.11. The molecule has 0 aliphatic carbocycles. The number of carbonyl (C=O) groups excluding carboxylic acids is 1. The Bertz CT molecular complexity index is 424. The molecule has 0 saturated carbocycles. The number of allylic oxidation sites excluding steroid dienone is 3. The Balaban J connectivity index is 2.67. The number of hydrogen-bond acceptors (Lipinski definition) is 2. The molecule has 1 rings (SSSR count). The predicted molar refractivity (Wildman–Crippen MR) is 77.6 cm³/mol. The molecule has 19 heavy (non-hydrogen) atoms. The molecule has 1 aromatic rings. The summed E-state index contributed by atoms with van der Waals surface area (Å²) < 4.78 is 0. The third-order valence-corrected chi connectivity index (χ3v) is 2.72. The first kappa shape index (κ1) is 15.2. The van der Waals surface area contributed by atoms with Crippen LogP contribution in [0.3, 0.4) is 0 Å². The highest BCUT2D eigenvalue weighted by Gasteiger charge is 2.12. The van der Waals surface area contributed by atoms with Crippen LogP contribution in [0.2, 0.25) is 0 Å². The molecule has 0 radical (unpaired) electrons. The van der Waals surface area contributed by atoms with Crippen molar-refractivity contribution < 1.29 is 9.90 Å². The molecule has 0 saturated heterocycles. The van der Waals surface area contributed by atoms with Gasteiger partial charge in [0, 0.05) is 12.7 Å². The maximum atomic E-state index is 11.8. The van der Waals surface area contributed by atoms with E-state index in [2.05, 4.69) is 5.32 Å². The Kier molecular flexibility index (Phi) is 7.28. The van der Waals surface area contributed by atoms with Crippen molar-refractivity contribution >= 4 is 5.91 Å². The standard InChI is InChI=1S/C16H21NO2/c1-2-3-5-12-16(19)17-15(11-8-13-18)14-9-6-4-7-10-14/h2-7,9-10,12,15,18H,8,11,13H2,1H3,(H,17,19). The fraction of sp³-hybridized carbons (Fsp3) is 0.312. The molecule has 1 unspecified atom stereocenters. The fourth-order valence-corrected chi connectivity index (χ4v) is 1.78. The van der Waals surface area contributed by atoms with Gasteiger partial charge in [0.25, 0.3) is 0 Å². The SMILES string of the molecule is CC=CC=CC(=O)NC(CCCO)c1ccccc1. The van der Waals surface area contributed by atoms with E-state index in [9.17, 15) is 4.79 Å². The Labute approximate surface area is 114 Å². The maximum absolute atomic E-state index is 11.8. The molecule has 0 aromatic heterocycles. The van der Waals surface area contributed by atoms with Crippen molar-refractivity contribution in [3.63, 3.8) is 0 Å². The minimum absolute atomic E-state index is 0.0592. The van der Waals surface area contributed by atoms with Crippen molar-refractivity contribution in [3.8, 4) is 0 Å². The van der Waals surface area contributed by atoms with E-state index in [1.165, 1.54) is 6.08 Å². The number of nitrogens with one attached hydrogen (secondary N) is 1. The zero-order chi connectivity index (χ0) is 13.9. The molecule has 3 heteroatoms. The first-order valence-corrected chi connectivity index (χ1v) is 6.53. The van der Waals surface area contributed by atoms with Crippen molar-refractivity contribution in [2.45, 2.75) is 25.8 Å². The molecule has 102 valence electrons. The smallest absolute Gasteiger partial charge is 0.244 e. The molecule has 1 aromatic carbocycles. The summed E-state index contributed by atoms with van der Waals surface area (Å²) in [5, 5.41) is 11.9. The van der Waals surface area contributed by atoms with E-state index in [-0.39, 0.29) is 18.6 Å². The van der Waals surface area contributed by atoms with Crippen LogP contribution < -0.4 is 5.32 Å². The van der Waals surface area contributed by atoms with Gasteiger partial charge in [-0.25, -0.2) is 0 Å². The van der Waals surface area contributed by atoms with Crippen molar-refractivity contribution in [1.82, 2.24) is 5.32 Å². The zero-order valence-corrected chi connectivity index (χ0v) is 11.3. The molecule has 1 atom stereocenters. The summed E-state index contributed by atoms with van der Waals surface area (Å²) in [6.07, 6.45) is 8.29. The lowest BCUT2D eigenvalue weighted by molar-refractivity contribution is -0.117. The second-order valence-corrected chi connectivity index (χ2v) is 4.22. The molecule has 0 bridgehead atoms. The first-order chi connectivity index (χ1) is 9.27. The van der Waals surface area contributed by atoms with Crippen molar-refractivity contribution in [2.24, 2.45) is 0 Å². The number of benzene rings is 1. The molecular weight excluding hydrogens is 238 g/mol. The van der Waals surface area contributed by atoms with Gasteiger partial charge in [0.15, 0.2) is 0 Å². The van der Waals surface area contributed by atoms with E-state index in [0.29, 0.717) is 6.42 Å². The molecule has 2 N–H and O–H groups in total. The molecule has 0 spiro atoms. The normalized spacial score (nSPS) is 12.9. The monoisotopic (exact) mass is 259 g/mol. The topological polar surface area (TPSA) is 49.3 Å². The van der Waals surface area contributed by atoms with Gasteiger partial charge in [-0.15, -0.1) is 0 Å². The van der Waals surface area contributed by atoms with Crippen LogP contribution in [0.1, 0.15) is 31.4 Å². The summed E-state index contributed by atoms with van der Waals surface area (Å²) in [5.74, 6) is -0.120. The molecule has 1 amide bonds. The van der Waals surface area contributed by atoms with Crippen LogP contribution in [0.15, 0.2) is 54.6 Å². The Morgan fingerprint density at radius 1 is 1.32 bits per heavy atom. The van der Waals surface area contributed by atoms with Crippen LogP contribution in [-0.4, -0.2) is 17.6 Å². The Hall–Kier alpha value is -1.87. The van der Waals surface area contributed by atoms with Crippen LogP contribution in [0.25, 0.3) is 0 Å². The highest BCUT2D eigenvalue weighted by molar-refractivity contribution is 5.88. The molecule has 0 aliphatic rings. The molecular formula is C16H21NO2. The number of hydrogen-bond donors (Lipinski definition) is 2. The van der Waals surface area contributed by atoms with E-state index in [1.54, 1.807) is 6.08 Å². The van der Waals surface area contributed by atoms with E-state index in [4.69, 9.17) is 5.11 Å². The van der Waals surface area contributed by atoms with Gasteiger partial charge < -0.3 is 10.4 Å². The van der Waals surface area contributed by atoms with Gasteiger partial charge in [0.1, 0.15) is 0 Å². The summed E-state index contributed by atoms with van der Waals surface area (Å²) in [6.45, 7) is 2.03. The van der Waals surface area contributed by atoms with Gasteiger partial charge in [0.05, 0.1) is 6.04 Å². The molecule has 3 nitrogen and oxygen atoms in total. The van der Waals surface area contributed by atoms with Gasteiger partial charge in [-0.2, -0.15) is 0 Å². The van der Waals surface area contributed by atoms with Gasteiger partial charge in [-0.05, 0) is 25.3 Å². The number of rotatable bonds is 7. The van der Waals surface area contributed by atoms with Crippen molar-refractivity contribution in [2.75, 3.05) is 6.61 Å².